The van der Waals surface area contributed by atoms with E-state index >= 15 is 0 Å². The third-order valence-electron chi connectivity index (χ3n) is 3.82. The minimum Gasteiger partial charge on any atom is -0.341 e. The van der Waals surface area contributed by atoms with Gasteiger partial charge in [0.05, 0.1) is 29.8 Å². The topological polar surface area (TPSA) is 58.0 Å². The molecule has 0 amide bonds. The Morgan fingerprint density at radius 1 is 1.09 bits per heavy atom. The number of piperidine rings is 1. The van der Waals surface area contributed by atoms with Gasteiger partial charge >= 0.3 is 0 Å². The average Bonchev–Trinajstić information content (AvgIpc) is 2.56. The van der Waals surface area contributed by atoms with Crippen LogP contribution in [0.3, 0.4) is 0 Å². The van der Waals surface area contributed by atoms with Crippen LogP contribution in [0.5, 0.6) is 0 Å². The van der Waals surface area contributed by atoms with Gasteiger partial charge in [0.15, 0.2) is 5.82 Å². The summed E-state index contributed by atoms with van der Waals surface area (Å²) in [6.07, 6.45) is 7.46. The van der Waals surface area contributed by atoms with E-state index in [4.69, 9.17) is 11.6 Å². The van der Waals surface area contributed by atoms with Crippen LogP contribution in [0.15, 0.2) is 24.8 Å². The van der Waals surface area contributed by atoms with E-state index < -0.39 is 5.82 Å². The van der Waals surface area contributed by atoms with E-state index in [1.807, 2.05) is 7.05 Å². The van der Waals surface area contributed by atoms with Crippen molar-refractivity contribution in [3.05, 3.63) is 35.6 Å². The predicted octanol–water partition coefficient (Wildman–Crippen LogP) is 2.16. The summed E-state index contributed by atoms with van der Waals surface area (Å²) in [5.74, 6) is 0.824. The van der Waals surface area contributed by atoms with Crippen molar-refractivity contribution in [2.45, 2.75) is 18.9 Å². The van der Waals surface area contributed by atoms with Crippen molar-refractivity contribution in [3.63, 3.8) is 0 Å². The fourth-order valence-electron chi connectivity index (χ4n) is 2.57. The Bertz CT molecular complexity index is 612. The fraction of sp³-hybridized carbons (Fsp3) is 0.429. The molecule has 8 heteroatoms. The highest BCUT2D eigenvalue weighted by molar-refractivity contribution is 6.30. The second kappa shape index (κ2) is 6.39. The van der Waals surface area contributed by atoms with E-state index in [2.05, 4.69) is 29.7 Å². The lowest BCUT2D eigenvalue weighted by atomic mass is 10.0. The number of anilines is 2. The second-order valence-electron chi connectivity index (χ2n) is 5.23. The second-order valence-corrected chi connectivity index (χ2v) is 5.67. The van der Waals surface area contributed by atoms with Crippen molar-refractivity contribution in [1.82, 2.24) is 19.9 Å². The van der Waals surface area contributed by atoms with Crippen molar-refractivity contribution in [2.24, 2.45) is 0 Å². The molecular formula is C14H16ClFN6. The fourth-order valence-corrected chi connectivity index (χ4v) is 2.67. The van der Waals surface area contributed by atoms with Crippen molar-refractivity contribution in [3.8, 4) is 0 Å². The third kappa shape index (κ3) is 3.24. The Kier molecular flexibility index (Phi) is 4.33. The Labute approximate surface area is 133 Å². The van der Waals surface area contributed by atoms with Gasteiger partial charge in [-0.3, -0.25) is 0 Å². The van der Waals surface area contributed by atoms with Gasteiger partial charge in [-0.25, -0.2) is 24.3 Å². The van der Waals surface area contributed by atoms with Crippen LogP contribution in [0.1, 0.15) is 12.8 Å². The molecule has 0 unspecified atom stereocenters. The van der Waals surface area contributed by atoms with Crippen molar-refractivity contribution in [1.29, 1.82) is 0 Å². The van der Waals surface area contributed by atoms with Crippen LogP contribution in [-0.2, 0) is 0 Å². The summed E-state index contributed by atoms with van der Waals surface area (Å²) >= 11 is 5.81. The summed E-state index contributed by atoms with van der Waals surface area (Å²) in [5, 5.41) is 0.528. The number of aromatic nitrogens is 4. The lowest BCUT2D eigenvalue weighted by Crippen LogP contribution is -2.44. The molecule has 0 radical (unpaired) electrons. The van der Waals surface area contributed by atoms with Crippen LogP contribution in [-0.4, -0.2) is 46.1 Å². The van der Waals surface area contributed by atoms with Crippen LogP contribution in [0, 0.1) is 5.82 Å². The van der Waals surface area contributed by atoms with E-state index in [0.717, 1.165) is 25.9 Å². The maximum absolute atomic E-state index is 12.9. The number of hydrogen-bond acceptors (Lipinski definition) is 6. The highest BCUT2D eigenvalue weighted by atomic mass is 35.5. The molecule has 1 aliphatic heterocycles. The quantitative estimate of drug-likeness (QED) is 0.863. The largest absolute Gasteiger partial charge is 0.341 e. The summed E-state index contributed by atoms with van der Waals surface area (Å²) in [5.41, 5.74) is 0. The number of nitrogens with zero attached hydrogens (tertiary/aromatic N) is 6. The van der Waals surface area contributed by atoms with E-state index in [0.29, 0.717) is 23.0 Å². The lowest BCUT2D eigenvalue weighted by Gasteiger charge is -2.36. The van der Waals surface area contributed by atoms with Gasteiger partial charge in [0.25, 0.3) is 0 Å². The SMILES string of the molecule is CN(c1ncc(Cl)cn1)C1CCN(c2ncc(F)cn2)CC1. The van der Waals surface area contributed by atoms with Crippen LogP contribution >= 0.6 is 11.6 Å². The standard InChI is InChI=1S/C14H16ClFN6/c1-21(13-17-6-10(15)7-18-13)12-2-4-22(5-3-12)14-19-8-11(16)9-20-14/h6-9,12H,2-5H2,1H3. The minimum absolute atomic E-state index is 0.345. The molecule has 0 aromatic carbocycles. The molecule has 116 valence electrons. The van der Waals surface area contributed by atoms with Crippen LogP contribution in [0.25, 0.3) is 0 Å². The minimum atomic E-state index is -0.418. The van der Waals surface area contributed by atoms with Gasteiger partial charge in [0.1, 0.15) is 0 Å². The zero-order valence-electron chi connectivity index (χ0n) is 12.2. The maximum atomic E-state index is 12.9. The van der Waals surface area contributed by atoms with Crippen molar-refractivity contribution >= 4 is 23.5 Å². The van der Waals surface area contributed by atoms with Gasteiger partial charge < -0.3 is 9.80 Å². The Morgan fingerprint density at radius 3 is 2.27 bits per heavy atom. The normalized spacial score (nSPS) is 15.9. The summed E-state index contributed by atoms with van der Waals surface area (Å²) in [4.78, 5) is 20.7. The first kappa shape index (κ1) is 14.9. The van der Waals surface area contributed by atoms with Gasteiger partial charge in [0, 0.05) is 26.2 Å². The van der Waals surface area contributed by atoms with E-state index in [1.165, 1.54) is 12.4 Å². The highest BCUT2D eigenvalue weighted by Crippen LogP contribution is 2.21. The molecule has 0 atom stereocenters. The molecular weight excluding hydrogens is 307 g/mol. The van der Waals surface area contributed by atoms with E-state index in [1.54, 1.807) is 12.4 Å². The summed E-state index contributed by atoms with van der Waals surface area (Å²) in [6, 6.07) is 0.345. The molecule has 1 fully saturated rings. The predicted molar refractivity (Wildman–Crippen MR) is 82.7 cm³/mol. The molecule has 3 heterocycles. The Hall–Kier alpha value is -2.02. The smallest absolute Gasteiger partial charge is 0.225 e. The van der Waals surface area contributed by atoms with Crippen molar-refractivity contribution in [2.75, 3.05) is 29.9 Å². The monoisotopic (exact) mass is 322 g/mol. The summed E-state index contributed by atoms with van der Waals surface area (Å²) < 4.78 is 12.9. The maximum Gasteiger partial charge on any atom is 0.225 e. The first-order valence-corrected chi connectivity index (χ1v) is 7.44. The average molecular weight is 323 g/mol. The van der Waals surface area contributed by atoms with E-state index in [-0.39, 0.29) is 0 Å². The van der Waals surface area contributed by atoms with E-state index in [9.17, 15) is 4.39 Å². The zero-order valence-corrected chi connectivity index (χ0v) is 12.9. The number of halogens is 2. The highest BCUT2D eigenvalue weighted by Gasteiger charge is 2.25. The summed E-state index contributed by atoms with van der Waals surface area (Å²) in [6.45, 7) is 1.63. The molecule has 0 bridgehead atoms. The molecule has 1 saturated heterocycles. The van der Waals surface area contributed by atoms with Gasteiger partial charge in [-0.05, 0) is 12.8 Å². The number of hydrogen-bond donors (Lipinski definition) is 0. The van der Waals surface area contributed by atoms with Gasteiger partial charge in [-0.1, -0.05) is 11.6 Å². The first-order valence-electron chi connectivity index (χ1n) is 7.06. The molecule has 0 N–H and O–H groups in total. The Morgan fingerprint density at radius 2 is 1.68 bits per heavy atom. The molecule has 0 aliphatic carbocycles. The van der Waals surface area contributed by atoms with Crippen LogP contribution < -0.4 is 9.80 Å². The molecule has 2 aromatic heterocycles. The van der Waals surface area contributed by atoms with Gasteiger partial charge in [-0.15, -0.1) is 0 Å². The molecule has 3 rings (SSSR count). The van der Waals surface area contributed by atoms with Gasteiger partial charge in [0.2, 0.25) is 11.9 Å². The summed E-state index contributed by atoms with van der Waals surface area (Å²) in [7, 11) is 1.98. The third-order valence-corrected chi connectivity index (χ3v) is 4.02. The Balaban J connectivity index is 1.61. The van der Waals surface area contributed by atoms with Crippen molar-refractivity contribution < 1.29 is 4.39 Å². The first-order chi connectivity index (χ1) is 10.6. The van der Waals surface area contributed by atoms with Gasteiger partial charge in [-0.2, -0.15) is 0 Å². The number of rotatable bonds is 3. The zero-order chi connectivity index (χ0) is 15.5. The lowest BCUT2D eigenvalue weighted by molar-refractivity contribution is 0.472. The molecule has 6 nitrogen and oxygen atoms in total. The molecule has 0 spiro atoms. The molecule has 0 saturated carbocycles. The van der Waals surface area contributed by atoms with Crippen LogP contribution in [0.4, 0.5) is 16.3 Å². The molecule has 2 aromatic rings. The molecule has 1 aliphatic rings. The van der Waals surface area contributed by atoms with Crippen LogP contribution in [0.2, 0.25) is 5.02 Å². The molecule has 22 heavy (non-hydrogen) atoms.